The first-order valence-electron chi connectivity index (χ1n) is 7.12. The lowest BCUT2D eigenvalue weighted by molar-refractivity contribution is 0.281. The van der Waals surface area contributed by atoms with E-state index in [2.05, 4.69) is 0 Å². The molecule has 0 aromatic heterocycles. The Morgan fingerprint density at radius 2 is 2.05 bits per heavy atom. The van der Waals surface area contributed by atoms with Gasteiger partial charge in [-0.1, -0.05) is 19.1 Å². The fourth-order valence-electron chi connectivity index (χ4n) is 2.48. The maximum Gasteiger partial charge on any atom is 0.243 e. The van der Waals surface area contributed by atoms with Gasteiger partial charge in [0.05, 0.1) is 11.5 Å². The topological polar surface area (TPSA) is 57.6 Å². The molecule has 4 nitrogen and oxygen atoms in total. The SMILES string of the molecule is CCc1ccc(CO)cc1S(=O)(=O)N(C)C(C)C1CC1. The van der Waals surface area contributed by atoms with Crippen LogP contribution in [0.15, 0.2) is 23.1 Å². The largest absolute Gasteiger partial charge is 0.392 e. The third kappa shape index (κ3) is 2.90. The number of aliphatic hydroxyl groups excluding tert-OH is 1. The summed E-state index contributed by atoms with van der Waals surface area (Å²) in [5.41, 5.74) is 1.44. The van der Waals surface area contributed by atoms with Crippen LogP contribution in [0.2, 0.25) is 0 Å². The van der Waals surface area contributed by atoms with E-state index in [-0.39, 0.29) is 12.6 Å². The second kappa shape index (κ2) is 5.84. The molecule has 0 aliphatic heterocycles. The lowest BCUT2D eigenvalue weighted by atomic mass is 10.1. The number of aliphatic hydroxyl groups is 1. The molecular weight excluding hydrogens is 274 g/mol. The minimum Gasteiger partial charge on any atom is -0.392 e. The van der Waals surface area contributed by atoms with E-state index in [4.69, 9.17) is 0 Å². The molecule has 0 spiro atoms. The summed E-state index contributed by atoms with van der Waals surface area (Å²) in [6.07, 6.45) is 2.88. The summed E-state index contributed by atoms with van der Waals surface area (Å²) in [6, 6.07) is 5.21. The van der Waals surface area contributed by atoms with E-state index < -0.39 is 10.0 Å². The minimum absolute atomic E-state index is 0.0301. The van der Waals surface area contributed by atoms with Gasteiger partial charge in [-0.2, -0.15) is 4.31 Å². The minimum atomic E-state index is -3.50. The van der Waals surface area contributed by atoms with Crippen molar-refractivity contribution in [1.29, 1.82) is 0 Å². The van der Waals surface area contributed by atoms with Crippen molar-refractivity contribution in [1.82, 2.24) is 4.31 Å². The van der Waals surface area contributed by atoms with E-state index in [1.807, 2.05) is 13.8 Å². The number of hydrogen-bond donors (Lipinski definition) is 1. The number of nitrogens with zero attached hydrogens (tertiary/aromatic N) is 1. The summed E-state index contributed by atoms with van der Waals surface area (Å²) < 4.78 is 27.1. The predicted molar refractivity (Wildman–Crippen MR) is 78.9 cm³/mol. The number of rotatable bonds is 6. The third-order valence-electron chi connectivity index (χ3n) is 4.23. The smallest absolute Gasteiger partial charge is 0.243 e. The van der Waals surface area contributed by atoms with Crippen molar-refractivity contribution in [3.05, 3.63) is 29.3 Å². The third-order valence-corrected chi connectivity index (χ3v) is 6.26. The van der Waals surface area contributed by atoms with Gasteiger partial charge in [-0.15, -0.1) is 0 Å². The first-order valence-corrected chi connectivity index (χ1v) is 8.56. The van der Waals surface area contributed by atoms with E-state index in [1.54, 1.807) is 25.2 Å². The summed E-state index contributed by atoms with van der Waals surface area (Å²) in [5, 5.41) is 9.23. The van der Waals surface area contributed by atoms with Gasteiger partial charge in [0.15, 0.2) is 0 Å². The lowest BCUT2D eigenvalue weighted by Crippen LogP contribution is -2.36. The van der Waals surface area contributed by atoms with Gasteiger partial charge in [0, 0.05) is 13.1 Å². The van der Waals surface area contributed by atoms with Gasteiger partial charge in [0.1, 0.15) is 0 Å². The monoisotopic (exact) mass is 297 g/mol. The molecule has 1 saturated carbocycles. The quantitative estimate of drug-likeness (QED) is 0.875. The molecule has 0 saturated heterocycles. The Morgan fingerprint density at radius 3 is 2.55 bits per heavy atom. The van der Waals surface area contributed by atoms with Gasteiger partial charge in [-0.3, -0.25) is 0 Å². The van der Waals surface area contributed by atoms with Crippen molar-refractivity contribution in [2.45, 2.75) is 50.7 Å². The Labute approximate surface area is 121 Å². The molecule has 1 unspecified atom stereocenters. The van der Waals surface area contributed by atoms with Gasteiger partial charge in [-0.25, -0.2) is 8.42 Å². The molecule has 0 amide bonds. The summed E-state index contributed by atoms with van der Waals surface area (Å²) in [7, 11) is -1.84. The molecule has 2 rings (SSSR count). The highest BCUT2D eigenvalue weighted by Gasteiger charge is 2.36. The van der Waals surface area contributed by atoms with Crippen molar-refractivity contribution in [3.8, 4) is 0 Å². The highest BCUT2D eigenvalue weighted by atomic mass is 32.2. The van der Waals surface area contributed by atoms with E-state index in [0.717, 1.165) is 18.4 Å². The summed E-state index contributed by atoms with van der Waals surface area (Å²) in [5.74, 6) is 0.487. The molecule has 0 radical (unpaired) electrons. The number of aryl methyl sites for hydroxylation is 1. The molecule has 1 aliphatic carbocycles. The molecule has 20 heavy (non-hydrogen) atoms. The van der Waals surface area contributed by atoms with Crippen LogP contribution < -0.4 is 0 Å². The molecule has 1 aromatic rings. The second-order valence-electron chi connectivity index (χ2n) is 5.55. The molecule has 1 atom stereocenters. The average molecular weight is 297 g/mol. The van der Waals surface area contributed by atoms with E-state index in [9.17, 15) is 13.5 Å². The molecule has 1 aliphatic rings. The summed E-state index contributed by atoms with van der Waals surface area (Å²) in [4.78, 5) is 0.335. The van der Waals surface area contributed by atoms with Crippen LogP contribution in [0.3, 0.4) is 0 Å². The maximum absolute atomic E-state index is 12.8. The Balaban J connectivity index is 2.41. The van der Waals surface area contributed by atoms with Crippen molar-refractivity contribution >= 4 is 10.0 Å². The van der Waals surface area contributed by atoms with Crippen molar-refractivity contribution in [3.63, 3.8) is 0 Å². The van der Waals surface area contributed by atoms with Crippen molar-refractivity contribution < 1.29 is 13.5 Å². The summed E-state index contributed by atoms with van der Waals surface area (Å²) in [6.45, 7) is 3.77. The highest BCUT2D eigenvalue weighted by molar-refractivity contribution is 7.89. The zero-order valence-electron chi connectivity index (χ0n) is 12.3. The van der Waals surface area contributed by atoms with Crippen LogP contribution in [-0.2, 0) is 23.1 Å². The molecule has 1 N–H and O–H groups in total. The molecule has 5 heteroatoms. The zero-order valence-corrected chi connectivity index (χ0v) is 13.2. The Hall–Kier alpha value is -0.910. The van der Waals surface area contributed by atoms with Gasteiger partial charge in [0.2, 0.25) is 10.0 Å². The van der Waals surface area contributed by atoms with E-state index in [0.29, 0.717) is 22.8 Å². The standard InChI is InChI=1S/C15H23NO3S/c1-4-13-6-5-12(10-17)9-15(13)20(18,19)16(3)11(2)14-7-8-14/h5-6,9,11,14,17H,4,7-8,10H2,1-3H3. The maximum atomic E-state index is 12.8. The number of benzene rings is 1. The van der Waals surface area contributed by atoms with Gasteiger partial charge in [-0.05, 0) is 49.3 Å². The number of sulfonamides is 1. The summed E-state index contributed by atoms with van der Waals surface area (Å²) >= 11 is 0. The van der Waals surface area contributed by atoms with Crippen molar-refractivity contribution in [2.24, 2.45) is 5.92 Å². The first kappa shape index (κ1) is 15.5. The lowest BCUT2D eigenvalue weighted by Gasteiger charge is -2.25. The van der Waals surface area contributed by atoms with E-state index >= 15 is 0 Å². The Morgan fingerprint density at radius 1 is 1.40 bits per heavy atom. The van der Waals surface area contributed by atoms with Gasteiger partial charge in [0.25, 0.3) is 0 Å². The van der Waals surface area contributed by atoms with Crippen LogP contribution in [0.5, 0.6) is 0 Å². The van der Waals surface area contributed by atoms with Crippen LogP contribution in [0.4, 0.5) is 0 Å². The Kier molecular flexibility index (Phi) is 4.52. The van der Waals surface area contributed by atoms with Crippen LogP contribution in [0.1, 0.15) is 37.8 Å². The van der Waals surface area contributed by atoms with Crippen molar-refractivity contribution in [2.75, 3.05) is 7.05 Å². The highest BCUT2D eigenvalue weighted by Crippen LogP contribution is 2.36. The first-order chi connectivity index (χ1) is 9.41. The van der Waals surface area contributed by atoms with Gasteiger partial charge >= 0.3 is 0 Å². The molecule has 1 fully saturated rings. The van der Waals surface area contributed by atoms with Crippen LogP contribution in [0.25, 0.3) is 0 Å². The van der Waals surface area contributed by atoms with Crippen LogP contribution in [0, 0.1) is 5.92 Å². The number of hydrogen-bond acceptors (Lipinski definition) is 3. The zero-order chi connectivity index (χ0) is 14.9. The molecule has 0 heterocycles. The Bertz CT molecular complexity index is 579. The normalized spacial score (nSPS) is 17.4. The molecular formula is C15H23NO3S. The van der Waals surface area contributed by atoms with Crippen LogP contribution in [-0.4, -0.2) is 30.9 Å². The van der Waals surface area contributed by atoms with Crippen LogP contribution >= 0.6 is 0 Å². The predicted octanol–water partition coefficient (Wildman–Crippen LogP) is 2.16. The fourth-order valence-corrected chi connectivity index (χ4v) is 4.24. The van der Waals surface area contributed by atoms with E-state index in [1.165, 1.54) is 4.31 Å². The van der Waals surface area contributed by atoms with Gasteiger partial charge < -0.3 is 5.11 Å². The average Bonchev–Trinajstić information content (AvgIpc) is 3.29. The molecule has 112 valence electrons. The molecule has 0 bridgehead atoms. The fraction of sp³-hybridized carbons (Fsp3) is 0.600. The second-order valence-corrected chi connectivity index (χ2v) is 7.52. The molecule has 1 aromatic carbocycles.